The van der Waals surface area contributed by atoms with Crippen LogP contribution >= 0.6 is 24.4 Å². The standard InChI is InChI=1S/C12H26N4S2/c1-7-9-15(10-8-2)12(18)16(14(5)6)11(17)13(3)4/h7-10H2,1-6H3. The summed E-state index contributed by atoms with van der Waals surface area (Å²) in [4.78, 5) is 4.11. The summed E-state index contributed by atoms with van der Waals surface area (Å²) >= 11 is 11.0. The third kappa shape index (κ3) is 5.04. The molecule has 0 heterocycles. The molecule has 0 bridgehead atoms. The number of nitrogens with zero attached hydrogens (tertiary/aromatic N) is 4. The number of rotatable bonds is 5. The number of thiocarbonyl (C=S) groups is 2. The fourth-order valence-corrected chi connectivity index (χ4v) is 2.33. The number of hydrogen-bond acceptors (Lipinski definition) is 3. The number of hydrazine groups is 1. The van der Waals surface area contributed by atoms with Crippen molar-refractivity contribution < 1.29 is 0 Å². The summed E-state index contributed by atoms with van der Waals surface area (Å²) in [6.45, 7) is 6.26. The third-order valence-corrected chi connectivity index (χ3v) is 3.37. The van der Waals surface area contributed by atoms with Crippen molar-refractivity contribution in [3.8, 4) is 0 Å². The Morgan fingerprint density at radius 1 is 0.833 bits per heavy atom. The minimum Gasteiger partial charge on any atom is -0.354 e. The normalized spacial score (nSPS) is 10.4. The van der Waals surface area contributed by atoms with Gasteiger partial charge < -0.3 is 9.80 Å². The monoisotopic (exact) mass is 290 g/mol. The Bertz CT molecular complexity index is 273. The van der Waals surface area contributed by atoms with Gasteiger partial charge in [-0.15, -0.1) is 0 Å². The first-order chi connectivity index (χ1) is 8.36. The molecule has 0 saturated carbocycles. The highest BCUT2D eigenvalue weighted by Gasteiger charge is 2.22. The zero-order valence-corrected chi connectivity index (χ0v) is 14.1. The predicted molar refractivity (Wildman–Crippen MR) is 86.6 cm³/mol. The molecule has 0 spiro atoms. The van der Waals surface area contributed by atoms with Gasteiger partial charge in [0.05, 0.1) is 0 Å². The highest BCUT2D eigenvalue weighted by molar-refractivity contribution is 7.81. The molecular weight excluding hydrogens is 264 g/mol. The van der Waals surface area contributed by atoms with Gasteiger partial charge in [-0.25, -0.2) is 10.0 Å². The van der Waals surface area contributed by atoms with E-state index in [-0.39, 0.29) is 0 Å². The van der Waals surface area contributed by atoms with E-state index < -0.39 is 0 Å². The SMILES string of the molecule is CCCN(CCC)C(=S)N(C(=S)N(C)C)N(C)C. The van der Waals surface area contributed by atoms with E-state index in [9.17, 15) is 0 Å². The highest BCUT2D eigenvalue weighted by Crippen LogP contribution is 2.07. The van der Waals surface area contributed by atoms with E-state index in [2.05, 4.69) is 18.7 Å². The topological polar surface area (TPSA) is 13.0 Å². The van der Waals surface area contributed by atoms with Gasteiger partial charge in [0.15, 0.2) is 10.2 Å². The largest absolute Gasteiger partial charge is 0.354 e. The molecule has 6 heteroatoms. The van der Waals surface area contributed by atoms with Crippen molar-refractivity contribution in [1.82, 2.24) is 19.8 Å². The lowest BCUT2D eigenvalue weighted by Crippen LogP contribution is -2.55. The molecule has 0 atom stereocenters. The highest BCUT2D eigenvalue weighted by atomic mass is 32.1. The molecule has 18 heavy (non-hydrogen) atoms. The quantitative estimate of drug-likeness (QED) is 0.563. The molecule has 0 N–H and O–H groups in total. The molecule has 0 aromatic carbocycles. The minimum absolute atomic E-state index is 0.710. The molecule has 0 aromatic heterocycles. The molecule has 4 nitrogen and oxygen atoms in total. The fourth-order valence-electron chi connectivity index (χ4n) is 1.59. The third-order valence-electron chi connectivity index (χ3n) is 2.40. The van der Waals surface area contributed by atoms with Gasteiger partial charge in [0.1, 0.15) is 0 Å². The van der Waals surface area contributed by atoms with E-state index in [1.54, 1.807) is 0 Å². The second kappa shape index (κ2) is 8.61. The molecule has 0 aliphatic heterocycles. The number of hydrogen-bond donors (Lipinski definition) is 0. The maximum atomic E-state index is 5.60. The Morgan fingerprint density at radius 3 is 1.56 bits per heavy atom. The van der Waals surface area contributed by atoms with Crippen molar-refractivity contribution >= 4 is 34.7 Å². The lowest BCUT2D eigenvalue weighted by atomic mass is 10.4. The fraction of sp³-hybridized carbons (Fsp3) is 0.833. The van der Waals surface area contributed by atoms with Crippen LogP contribution in [0.25, 0.3) is 0 Å². The van der Waals surface area contributed by atoms with Crippen LogP contribution in [0.2, 0.25) is 0 Å². The minimum atomic E-state index is 0.710. The molecule has 0 rings (SSSR count). The Kier molecular flexibility index (Phi) is 8.39. The Balaban J connectivity index is 4.98. The van der Waals surface area contributed by atoms with Crippen molar-refractivity contribution in [2.75, 3.05) is 41.3 Å². The van der Waals surface area contributed by atoms with Crippen LogP contribution in [0, 0.1) is 0 Å². The second-order valence-corrected chi connectivity index (χ2v) is 5.34. The van der Waals surface area contributed by atoms with Gasteiger partial charge in [-0.3, -0.25) is 0 Å². The lowest BCUT2D eigenvalue weighted by Gasteiger charge is -2.38. The zero-order valence-electron chi connectivity index (χ0n) is 12.4. The Labute approximate surface area is 122 Å². The van der Waals surface area contributed by atoms with Crippen molar-refractivity contribution in [3.05, 3.63) is 0 Å². The van der Waals surface area contributed by atoms with E-state index in [1.807, 2.05) is 43.1 Å². The van der Waals surface area contributed by atoms with Gasteiger partial charge in [0.25, 0.3) is 0 Å². The Hall–Kier alpha value is -0.460. The summed E-state index contributed by atoms with van der Waals surface area (Å²) in [5.74, 6) is 0. The summed E-state index contributed by atoms with van der Waals surface area (Å²) < 4.78 is 0. The van der Waals surface area contributed by atoms with Crippen LogP contribution in [0.4, 0.5) is 0 Å². The molecule has 0 saturated heterocycles. The van der Waals surface area contributed by atoms with Gasteiger partial charge >= 0.3 is 0 Å². The van der Waals surface area contributed by atoms with E-state index in [0.717, 1.165) is 31.0 Å². The van der Waals surface area contributed by atoms with E-state index in [4.69, 9.17) is 24.4 Å². The summed E-state index contributed by atoms with van der Waals surface area (Å²) in [5.41, 5.74) is 0. The first-order valence-electron chi connectivity index (χ1n) is 6.34. The van der Waals surface area contributed by atoms with Crippen LogP contribution in [0.1, 0.15) is 26.7 Å². The Morgan fingerprint density at radius 2 is 1.28 bits per heavy atom. The van der Waals surface area contributed by atoms with Crippen LogP contribution in [0.3, 0.4) is 0 Å². The molecule has 0 aliphatic carbocycles. The molecule has 0 amide bonds. The van der Waals surface area contributed by atoms with Crippen molar-refractivity contribution in [2.45, 2.75) is 26.7 Å². The molecular formula is C12H26N4S2. The first kappa shape index (κ1) is 17.5. The molecule has 0 aliphatic rings. The smallest absolute Gasteiger partial charge is 0.193 e. The summed E-state index contributed by atoms with van der Waals surface area (Å²) in [7, 11) is 7.78. The average Bonchev–Trinajstić information content (AvgIpc) is 2.28. The van der Waals surface area contributed by atoms with E-state index >= 15 is 0 Å². The van der Waals surface area contributed by atoms with Gasteiger partial charge in [-0.2, -0.15) is 0 Å². The summed E-state index contributed by atoms with van der Waals surface area (Å²) in [5, 5.41) is 5.32. The van der Waals surface area contributed by atoms with Crippen LogP contribution in [0.5, 0.6) is 0 Å². The van der Waals surface area contributed by atoms with Crippen LogP contribution in [-0.4, -0.2) is 71.3 Å². The van der Waals surface area contributed by atoms with Crippen LogP contribution in [-0.2, 0) is 0 Å². The molecule has 0 radical (unpaired) electrons. The van der Waals surface area contributed by atoms with Crippen molar-refractivity contribution in [1.29, 1.82) is 0 Å². The zero-order chi connectivity index (χ0) is 14.3. The lowest BCUT2D eigenvalue weighted by molar-refractivity contribution is 0.164. The van der Waals surface area contributed by atoms with E-state index in [0.29, 0.717) is 5.11 Å². The average molecular weight is 291 g/mol. The van der Waals surface area contributed by atoms with Gasteiger partial charge in [-0.05, 0) is 37.3 Å². The van der Waals surface area contributed by atoms with Crippen molar-refractivity contribution in [3.63, 3.8) is 0 Å². The van der Waals surface area contributed by atoms with Gasteiger partial charge in [-0.1, -0.05) is 13.8 Å². The van der Waals surface area contributed by atoms with Crippen LogP contribution in [0.15, 0.2) is 0 Å². The maximum absolute atomic E-state index is 5.60. The molecule has 0 unspecified atom stereocenters. The second-order valence-electron chi connectivity index (χ2n) is 4.61. The molecule has 106 valence electrons. The first-order valence-corrected chi connectivity index (χ1v) is 7.15. The summed E-state index contributed by atoms with van der Waals surface area (Å²) in [6, 6.07) is 0. The van der Waals surface area contributed by atoms with Crippen LogP contribution < -0.4 is 0 Å². The van der Waals surface area contributed by atoms with E-state index in [1.165, 1.54) is 0 Å². The van der Waals surface area contributed by atoms with Gasteiger partial charge in [0.2, 0.25) is 0 Å². The molecule has 0 aromatic rings. The predicted octanol–water partition coefficient (Wildman–Crippen LogP) is 2.02. The van der Waals surface area contributed by atoms with Crippen molar-refractivity contribution in [2.24, 2.45) is 0 Å². The maximum Gasteiger partial charge on any atom is 0.193 e. The molecule has 0 fully saturated rings. The van der Waals surface area contributed by atoms with Gasteiger partial charge in [0, 0.05) is 41.3 Å². The summed E-state index contributed by atoms with van der Waals surface area (Å²) in [6.07, 6.45) is 2.16.